The van der Waals surface area contributed by atoms with Crippen LogP contribution in [0.5, 0.6) is 0 Å². The zero-order valence-electron chi connectivity index (χ0n) is 7.87. The second kappa shape index (κ2) is 4.95. The molecule has 0 bridgehead atoms. The number of alkyl halides is 1. The zero-order chi connectivity index (χ0) is 10.6. The van der Waals surface area contributed by atoms with Gasteiger partial charge in [0.2, 0.25) is 5.91 Å². The summed E-state index contributed by atoms with van der Waals surface area (Å²) < 4.78 is 21.9. The number of sulfone groups is 1. The van der Waals surface area contributed by atoms with Gasteiger partial charge >= 0.3 is 0 Å². The van der Waals surface area contributed by atoms with E-state index in [4.69, 9.17) is 0 Å². The lowest BCUT2D eigenvalue weighted by atomic mass is 10.3. The van der Waals surface area contributed by atoms with Crippen molar-refractivity contribution in [3.8, 4) is 0 Å². The summed E-state index contributed by atoms with van der Waals surface area (Å²) in [5.41, 5.74) is 0. The standard InChI is InChI=1S/C7H14BrNO3S/c1-5(4-8)9-7(10)6(2)13(3,11)12/h5-6H,4H2,1-3H3,(H,9,10). The van der Waals surface area contributed by atoms with E-state index in [0.29, 0.717) is 5.33 Å². The number of nitrogens with one attached hydrogen (secondary N) is 1. The molecule has 0 aliphatic carbocycles. The molecule has 0 saturated heterocycles. The highest BCUT2D eigenvalue weighted by Gasteiger charge is 2.23. The molecular formula is C7H14BrNO3S. The predicted octanol–water partition coefficient (Wildman–Crippen LogP) is 0.319. The predicted molar refractivity (Wildman–Crippen MR) is 55.7 cm³/mol. The Labute approximate surface area is 87.1 Å². The third-order valence-electron chi connectivity index (χ3n) is 1.63. The molecule has 6 heteroatoms. The maximum Gasteiger partial charge on any atom is 0.238 e. The first-order chi connectivity index (χ1) is 5.79. The molecule has 0 aliphatic rings. The Kier molecular flexibility index (Phi) is 4.91. The summed E-state index contributed by atoms with van der Waals surface area (Å²) in [6.45, 7) is 3.17. The van der Waals surface area contributed by atoms with E-state index in [1.807, 2.05) is 0 Å². The van der Waals surface area contributed by atoms with Gasteiger partial charge in [0.1, 0.15) is 5.25 Å². The van der Waals surface area contributed by atoms with Gasteiger partial charge in [-0.25, -0.2) is 8.42 Å². The van der Waals surface area contributed by atoms with Crippen molar-refractivity contribution >= 4 is 31.7 Å². The molecule has 78 valence electrons. The van der Waals surface area contributed by atoms with Crippen LogP contribution in [0.4, 0.5) is 0 Å². The Hall–Kier alpha value is -0.100. The van der Waals surface area contributed by atoms with Gasteiger partial charge in [-0.15, -0.1) is 0 Å². The van der Waals surface area contributed by atoms with Crippen LogP contribution in [-0.4, -0.2) is 37.2 Å². The molecule has 0 aromatic heterocycles. The van der Waals surface area contributed by atoms with Crippen molar-refractivity contribution in [2.45, 2.75) is 25.1 Å². The van der Waals surface area contributed by atoms with Gasteiger partial charge in [0.15, 0.2) is 9.84 Å². The normalized spacial score (nSPS) is 16.3. The molecule has 4 nitrogen and oxygen atoms in total. The molecule has 0 heterocycles. The second-order valence-corrected chi connectivity index (χ2v) is 6.05. The van der Waals surface area contributed by atoms with E-state index < -0.39 is 21.0 Å². The molecule has 0 aromatic carbocycles. The maximum atomic E-state index is 11.2. The van der Waals surface area contributed by atoms with Crippen molar-refractivity contribution in [3.05, 3.63) is 0 Å². The molecule has 0 aliphatic heterocycles. The Morgan fingerprint density at radius 2 is 1.92 bits per heavy atom. The molecular weight excluding hydrogens is 258 g/mol. The average Bonchev–Trinajstić information content (AvgIpc) is 2.01. The number of amides is 1. The van der Waals surface area contributed by atoms with Gasteiger partial charge in [-0.3, -0.25) is 4.79 Å². The summed E-state index contributed by atoms with van der Waals surface area (Å²) in [5, 5.41) is 2.20. The van der Waals surface area contributed by atoms with E-state index >= 15 is 0 Å². The number of carbonyl (C=O) groups is 1. The van der Waals surface area contributed by atoms with Gasteiger partial charge in [0, 0.05) is 17.6 Å². The molecule has 0 spiro atoms. The van der Waals surface area contributed by atoms with E-state index in [2.05, 4.69) is 21.2 Å². The zero-order valence-corrected chi connectivity index (χ0v) is 10.3. The first-order valence-corrected chi connectivity index (χ1v) is 6.92. The average molecular weight is 272 g/mol. The molecule has 2 atom stereocenters. The summed E-state index contributed by atoms with van der Waals surface area (Å²) in [5.74, 6) is -0.450. The Morgan fingerprint density at radius 1 is 1.46 bits per heavy atom. The SMILES string of the molecule is CC(CBr)NC(=O)C(C)S(C)(=O)=O. The van der Waals surface area contributed by atoms with Gasteiger partial charge in [0.05, 0.1) is 0 Å². The summed E-state index contributed by atoms with van der Waals surface area (Å²) in [6.07, 6.45) is 1.05. The number of hydrogen-bond acceptors (Lipinski definition) is 3. The lowest BCUT2D eigenvalue weighted by Gasteiger charge is -2.14. The minimum absolute atomic E-state index is 0.0586. The van der Waals surface area contributed by atoms with Crippen molar-refractivity contribution < 1.29 is 13.2 Å². The summed E-state index contributed by atoms with van der Waals surface area (Å²) in [7, 11) is -3.28. The molecule has 0 saturated carbocycles. The van der Waals surface area contributed by atoms with Crippen molar-refractivity contribution in [1.82, 2.24) is 5.32 Å². The Balaban J connectivity index is 4.29. The largest absolute Gasteiger partial charge is 0.352 e. The van der Waals surface area contributed by atoms with Crippen LogP contribution < -0.4 is 5.32 Å². The second-order valence-electron chi connectivity index (χ2n) is 3.04. The van der Waals surface area contributed by atoms with E-state index in [0.717, 1.165) is 6.26 Å². The quantitative estimate of drug-likeness (QED) is 0.750. The highest BCUT2D eigenvalue weighted by molar-refractivity contribution is 9.09. The fourth-order valence-electron chi connectivity index (χ4n) is 0.593. The van der Waals surface area contributed by atoms with E-state index in [9.17, 15) is 13.2 Å². The van der Waals surface area contributed by atoms with Crippen molar-refractivity contribution in [2.24, 2.45) is 0 Å². The first-order valence-electron chi connectivity index (χ1n) is 3.84. The third kappa shape index (κ3) is 4.61. The minimum Gasteiger partial charge on any atom is -0.352 e. The van der Waals surface area contributed by atoms with Crippen LogP contribution >= 0.6 is 15.9 Å². The number of rotatable bonds is 4. The van der Waals surface area contributed by atoms with Gasteiger partial charge in [-0.05, 0) is 13.8 Å². The van der Waals surface area contributed by atoms with Crippen LogP contribution in [0.2, 0.25) is 0 Å². The number of hydrogen-bond donors (Lipinski definition) is 1. The van der Waals surface area contributed by atoms with Crippen LogP contribution in [0.3, 0.4) is 0 Å². The molecule has 1 N–H and O–H groups in total. The van der Waals surface area contributed by atoms with Gasteiger partial charge < -0.3 is 5.32 Å². The van der Waals surface area contributed by atoms with E-state index in [1.54, 1.807) is 6.92 Å². The highest BCUT2D eigenvalue weighted by Crippen LogP contribution is 1.99. The number of carbonyl (C=O) groups excluding carboxylic acids is 1. The minimum atomic E-state index is -3.28. The topological polar surface area (TPSA) is 63.2 Å². The molecule has 0 radical (unpaired) electrons. The third-order valence-corrected chi connectivity index (χ3v) is 4.10. The Bertz CT molecular complexity index is 275. The lowest BCUT2D eigenvalue weighted by Crippen LogP contribution is -2.42. The van der Waals surface area contributed by atoms with Crippen LogP contribution in [0, 0.1) is 0 Å². The van der Waals surface area contributed by atoms with Crippen LogP contribution in [0.1, 0.15) is 13.8 Å². The smallest absolute Gasteiger partial charge is 0.238 e. The highest BCUT2D eigenvalue weighted by atomic mass is 79.9. The van der Waals surface area contributed by atoms with Crippen molar-refractivity contribution in [3.63, 3.8) is 0 Å². The van der Waals surface area contributed by atoms with Crippen LogP contribution in [0.25, 0.3) is 0 Å². The molecule has 2 unspecified atom stereocenters. The van der Waals surface area contributed by atoms with Crippen LogP contribution in [-0.2, 0) is 14.6 Å². The summed E-state index contributed by atoms with van der Waals surface area (Å²) in [4.78, 5) is 11.2. The molecule has 1 amide bonds. The van der Waals surface area contributed by atoms with E-state index in [1.165, 1.54) is 6.92 Å². The molecule has 0 fully saturated rings. The van der Waals surface area contributed by atoms with Gasteiger partial charge in [-0.2, -0.15) is 0 Å². The summed E-state index contributed by atoms with van der Waals surface area (Å²) >= 11 is 3.18. The van der Waals surface area contributed by atoms with Crippen molar-refractivity contribution in [1.29, 1.82) is 0 Å². The molecule has 0 aromatic rings. The molecule has 13 heavy (non-hydrogen) atoms. The first kappa shape index (κ1) is 12.9. The fraction of sp³-hybridized carbons (Fsp3) is 0.857. The summed E-state index contributed by atoms with van der Waals surface area (Å²) in [6, 6.07) is -0.0586. The molecule has 0 rings (SSSR count). The van der Waals surface area contributed by atoms with Crippen LogP contribution in [0.15, 0.2) is 0 Å². The van der Waals surface area contributed by atoms with E-state index in [-0.39, 0.29) is 6.04 Å². The van der Waals surface area contributed by atoms with Gasteiger partial charge in [-0.1, -0.05) is 15.9 Å². The van der Waals surface area contributed by atoms with Gasteiger partial charge in [0.25, 0.3) is 0 Å². The maximum absolute atomic E-state index is 11.2. The lowest BCUT2D eigenvalue weighted by molar-refractivity contribution is -0.120. The van der Waals surface area contributed by atoms with Crippen molar-refractivity contribution in [2.75, 3.05) is 11.6 Å². The number of halogens is 1. The monoisotopic (exact) mass is 271 g/mol. The fourth-order valence-corrected chi connectivity index (χ4v) is 1.21. The Morgan fingerprint density at radius 3 is 2.23 bits per heavy atom.